The minimum Gasteiger partial charge on any atom is -0.369 e. The van der Waals surface area contributed by atoms with Crippen LogP contribution in [0.1, 0.15) is 20.3 Å². The maximum Gasteiger partial charge on any atom is 0.241 e. The Kier molecular flexibility index (Phi) is 6.70. The molecule has 6 nitrogen and oxygen atoms in total. The third kappa shape index (κ3) is 4.33. The van der Waals surface area contributed by atoms with Gasteiger partial charge >= 0.3 is 0 Å². The molecule has 0 unspecified atom stereocenters. The Balaban J connectivity index is 3.02. The van der Waals surface area contributed by atoms with E-state index < -0.39 is 0 Å². The highest BCUT2D eigenvalue weighted by Gasteiger charge is 2.18. The first-order valence-corrected chi connectivity index (χ1v) is 7.50. The fraction of sp³-hybridized carbons (Fsp3) is 0.615. The molecule has 0 radical (unpaired) electrons. The number of carbonyl (C=O) groups excluding carboxylic acids is 1. The van der Waals surface area contributed by atoms with Crippen molar-refractivity contribution >= 4 is 33.5 Å². The van der Waals surface area contributed by atoms with Crippen LogP contribution in [0.15, 0.2) is 10.8 Å². The number of hydrogen-bond donors (Lipinski definition) is 1. The highest BCUT2D eigenvalue weighted by atomic mass is 79.9. The van der Waals surface area contributed by atoms with Gasteiger partial charge in [-0.2, -0.15) is 0 Å². The molecule has 20 heavy (non-hydrogen) atoms. The summed E-state index contributed by atoms with van der Waals surface area (Å²) in [6, 6.07) is 0. The first-order valence-electron chi connectivity index (χ1n) is 6.70. The fourth-order valence-electron chi connectivity index (χ4n) is 1.71. The van der Waals surface area contributed by atoms with Crippen molar-refractivity contribution < 1.29 is 4.79 Å². The van der Waals surface area contributed by atoms with Gasteiger partial charge in [-0.15, -0.1) is 0 Å². The first kappa shape index (κ1) is 16.7. The highest BCUT2D eigenvalue weighted by Crippen LogP contribution is 2.29. The van der Waals surface area contributed by atoms with Crippen LogP contribution in [0, 0.1) is 0 Å². The molecule has 0 aromatic carbocycles. The summed E-state index contributed by atoms with van der Waals surface area (Å²) in [5.41, 5.74) is 0. The van der Waals surface area contributed by atoms with Crippen LogP contribution >= 0.6 is 15.9 Å². The van der Waals surface area contributed by atoms with E-state index in [9.17, 15) is 4.79 Å². The molecule has 1 N–H and O–H groups in total. The zero-order valence-electron chi connectivity index (χ0n) is 12.5. The van der Waals surface area contributed by atoms with Crippen molar-refractivity contribution in [1.29, 1.82) is 0 Å². The van der Waals surface area contributed by atoms with Gasteiger partial charge in [0.05, 0.1) is 6.54 Å². The van der Waals surface area contributed by atoms with Crippen molar-refractivity contribution in [2.24, 2.45) is 0 Å². The van der Waals surface area contributed by atoms with Crippen molar-refractivity contribution in [2.75, 3.05) is 43.9 Å². The smallest absolute Gasteiger partial charge is 0.241 e. The monoisotopic (exact) mass is 343 g/mol. The topological polar surface area (TPSA) is 61.4 Å². The van der Waals surface area contributed by atoms with E-state index in [-0.39, 0.29) is 5.91 Å². The Labute approximate surface area is 128 Å². The Morgan fingerprint density at radius 2 is 2.05 bits per heavy atom. The summed E-state index contributed by atoms with van der Waals surface area (Å²) in [4.78, 5) is 24.0. The van der Waals surface area contributed by atoms with Gasteiger partial charge in [-0.3, -0.25) is 4.79 Å². The number of likely N-dealkylation sites (N-methyl/N-ethyl adjacent to an activating group) is 1. The molecule has 1 rings (SSSR count). The molecule has 0 saturated heterocycles. The predicted molar refractivity (Wildman–Crippen MR) is 85.1 cm³/mol. The van der Waals surface area contributed by atoms with E-state index in [0.29, 0.717) is 6.54 Å². The van der Waals surface area contributed by atoms with E-state index in [1.165, 1.54) is 6.33 Å². The van der Waals surface area contributed by atoms with Crippen molar-refractivity contribution in [2.45, 2.75) is 20.3 Å². The van der Waals surface area contributed by atoms with Crippen LogP contribution in [0.4, 0.5) is 11.6 Å². The van der Waals surface area contributed by atoms with Crippen molar-refractivity contribution in [1.82, 2.24) is 14.9 Å². The molecule has 0 saturated carbocycles. The third-order valence-electron chi connectivity index (χ3n) is 2.73. The van der Waals surface area contributed by atoms with E-state index in [2.05, 4.69) is 38.1 Å². The molecule has 7 heteroatoms. The zero-order chi connectivity index (χ0) is 15.1. The SMILES string of the molecule is CCCN(CC(=O)N(C)C)c1ncnc(NCC)c1Br. The number of amides is 1. The standard InChI is InChI=1S/C13H22BrN5O/c1-5-7-19(8-10(20)18(3)4)13-11(14)12(15-6-2)16-9-17-13/h9H,5-8H2,1-4H3,(H,15,16,17). The molecule has 0 bridgehead atoms. The minimum absolute atomic E-state index is 0.0500. The second-order valence-corrected chi connectivity index (χ2v) is 5.39. The lowest BCUT2D eigenvalue weighted by atomic mass is 10.3. The number of rotatable bonds is 7. The Bertz CT molecular complexity index is 452. The first-order chi connectivity index (χ1) is 9.51. The summed E-state index contributed by atoms with van der Waals surface area (Å²) in [5.74, 6) is 1.54. The number of carbonyl (C=O) groups is 1. The number of aromatic nitrogens is 2. The van der Waals surface area contributed by atoms with Gasteiger partial charge in [0.1, 0.15) is 22.4 Å². The van der Waals surface area contributed by atoms with Gasteiger partial charge in [0.15, 0.2) is 0 Å². The lowest BCUT2D eigenvalue weighted by molar-refractivity contribution is -0.127. The summed E-state index contributed by atoms with van der Waals surface area (Å²) in [7, 11) is 3.51. The van der Waals surface area contributed by atoms with Crippen LogP contribution < -0.4 is 10.2 Å². The fourth-order valence-corrected chi connectivity index (χ4v) is 2.30. The maximum absolute atomic E-state index is 11.9. The Hall–Kier alpha value is -1.37. The number of anilines is 2. The molecular formula is C13H22BrN5O. The molecule has 1 heterocycles. The summed E-state index contributed by atoms with van der Waals surface area (Å²) in [6.45, 7) is 5.93. The van der Waals surface area contributed by atoms with Crippen LogP contribution in [0.25, 0.3) is 0 Å². The molecule has 0 atom stereocenters. The van der Waals surface area contributed by atoms with Gasteiger partial charge in [0.25, 0.3) is 0 Å². The second-order valence-electron chi connectivity index (χ2n) is 4.60. The number of nitrogens with one attached hydrogen (secondary N) is 1. The third-order valence-corrected chi connectivity index (χ3v) is 3.46. The Morgan fingerprint density at radius 3 is 2.60 bits per heavy atom. The Morgan fingerprint density at radius 1 is 1.35 bits per heavy atom. The van der Waals surface area contributed by atoms with Crippen molar-refractivity contribution in [3.63, 3.8) is 0 Å². The minimum atomic E-state index is 0.0500. The van der Waals surface area contributed by atoms with Crippen LogP contribution in [0.2, 0.25) is 0 Å². The van der Waals surface area contributed by atoms with Gasteiger partial charge in [0, 0.05) is 27.2 Å². The summed E-state index contributed by atoms with van der Waals surface area (Å²) >= 11 is 3.53. The van der Waals surface area contributed by atoms with E-state index in [0.717, 1.165) is 35.6 Å². The number of nitrogens with zero attached hydrogens (tertiary/aromatic N) is 4. The molecular weight excluding hydrogens is 322 g/mol. The van der Waals surface area contributed by atoms with Crippen LogP contribution in [0.5, 0.6) is 0 Å². The molecule has 0 aliphatic carbocycles. The molecule has 0 aliphatic heterocycles. The quantitative estimate of drug-likeness (QED) is 0.820. The lowest BCUT2D eigenvalue weighted by Gasteiger charge is -2.25. The summed E-state index contributed by atoms with van der Waals surface area (Å²) in [6.07, 6.45) is 2.45. The normalized spacial score (nSPS) is 10.2. The van der Waals surface area contributed by atoms with Crippen LogP contribution in [0.3, 0.4) is 0 Å². The summed E-state index contributed by atoms with van der Waals surface area (Å²) < 4.78 is 0.793. The zero-order valence-corrected chi connectivity index (χ0v) is 14.1. The van der Waals surface area contributed by atoms with Gasteiger partial charge in [0.2, 0.25) is 5.91 Å². The molecule has 0 aliphatic rings. The predicted octanol–water partition coefficient (Wildman–Crippen LogP) is 1.98. The lowest BCUT2D eigenvalue weighted by Crippen LogP contribution is -2.37. The van der Waals surface area contributed by atoms with E-state index >= 15 is 0 Å². The van der Waals surface area contributed by atoms with E-state index in [4.69, 9.17) is 0 Å². The summed E-state index contributed by atoms with van der Waals surface area (Å²) in [5, 5.41) is 3.17. The van der Waals surface area contributed by atoms with Crippen molar-refractivity contribution in [3.05, 3.63) is 10.8 Å². The molecule has 1 amide bonds. The highest BCUT2D eigenvalue weighted by molar-refractivity contribution is 9.10. The van der Waals surface area contributed by atoms with Gasteiger partial charge in [-0.1, -0.05) is 6.92 Å². The number of halogens is 1. The average Bonchev–Trinajstić information content (AvgIpc) is 2.41. The molecule has 0 spiro atoms. The maximum atomic E-state index is 11.9. The van der Waals surface area contributed by atoms with Gasteiger partial charge in [-0.05, 0) is 29.3 Å². The van der Waals surface area contributed by atoms with Gasteiger partial charge in [-0.25, -0.2) is 9.97 Å². The largest absolute Gasteiger partial charge is 0.369 e. The molecule has 112 valence electrons. The van der Waals surface area contributed by atoms with Gasteiger partial charge < -0.3 is 15.1 Å². The second kappa shape index (κ2) is 8.04. The molecule has 1 aromatic rings. The average molecular weight is 344 g/mol. The van der Waals surface area contributed by atoms with Crippen LogP contribution in [-0.4, -0.2) is 54.5 Å². The number of hydrogen-bond acceptors (Lipinski definition) is 5. The van der Waals surface area contributed by atoms with E-state index in [1.807, 2.05) is 11.8 Å². The van der Waals surface area contributed by atoms with Crippen LogP contribution in [-0.2, 0) is 4.79 Å². The van der Waals surface area contributed by atoms with Crippen molar-refractivity contribution in [3.8, 4) is 0 Å². The van der Waals surface area contributed by atoms with E-state index in [1.54, 1.807) is 19.0 Å². The molecule has 0 fully saturated rings. The molecule has 1 aromatic heterocycles.